The largest absolute Gasteiger partial charge is 0.309 e. The second-order valence-corrected chi connectivity index (χ2v) is 5.71. The molecule has 0 aromatic carbocycles. The molecule has 0 spiro atoms. The van der Waals surface area contributed by atoms with Crippen LogP contribution in [0.5, 0.6) is 0 Å². The number of aromatic nitrogens is 4. The molecule has 0 bridgehead atoms. The van der Waals surface area contributed by atoms with Crippen molar-refractivity contribution < 1.29 is 0 Å². The Morgan fingerprint density at radius 1 is 1.30 bits per heavy atom. The fourth-order valence-corrected chi connectivity index (χ4v) is 3.16. The van der Waals surface area contributed by atoms with Crippen molar-refractivity contribution in [1.29, 1.82) is 0 Å². The third-order valence-electron chi connectivity index (χ3n) is 3.44. The Morgan fingerprint density at radius 3 is 2.55 bits per heavy atom. The first kappa shape index (κ1) is 15.3. The van der Waals surface area contributed by atoms with Crippen molar-refractivity contribution in [3.63, 3.8) is 0 Å². The minimum Gasteiger partial charge on any atom is -0.309 e. The van der Waals surface area contributed by atoms with Crippen LogP contribution in [0.2, 0.25) is 0 Å². The molecule has 0 saturated heterocycles. The average molecular weight is 340 g/mol. The Hall–Kier alpha value is -1.14. The number of aryl methyl sites for hydroxylation is 3. The smallest absolute Gasteiger partial charge is 0.0797 e. The maximum absolute atomic E-state index is 4.56. The number of hydrogen-bond acceptors (Lipinski definition) is 3. The van der Waals surface area contributed by atoms with Gasteiger partial charge in [-0.05, 0) is 35.0 Å². The van der Waals surface area contributed by atoms with Crippen molar-refractivity contribution in [3.8, 4) is 0 Å². The first-order valence-electron chi connectivity index (χ1n) is 6.99. The van der Waals surface area contributed by atoms with E-state index < -0.39 is 0 Å². The number of nitrogens with one attached hydrogen (secondary N) is 1. The van der Waals surface area contributed by atoms with E-state index in [1.54, 1.807) is 0 Å². The van der Waals surface area contributed by atoms with Crippen LogP contribution in [0, 0.1) is 0 Å². The third-order valence-corrected chi connectivity index (χ3v) is 4.36. The van der Waals surface area contributed by atoms with Gasteiger partial charge in [0.05, 0.1) is 27.6 Å². The van der Waals surface area contributed by atoms with Crippen LogP contribution >= 0.6 is 15.9 Å². The van der Waals surface area contributed by atoms with Crippen molar-refractivity contribution in [2.45, 2.75) is 32.7 Å². The summed E-state index contributed by atoms with van der Waals surface area (Å²) in [5, 5.41) is 12.6. The lowest BCUT2D eigenvalue weighted by Gasteiger charge is -2.16. The fraction of sp³-hybridized carbons (Fsp3) is 0.571. The second-order valence-electron chi connectivity index (χ2n) is 4.91. The third kappa shape index (κ3) is 3.12. The van der Waals surface area contributed by atoms with Crippen molar-refractivity contribution >= 4 is 15.9 Å². The maximum Gasteiger partial charge on any atom is 0.0797 e. The van der Waals surface area contributed by atoms with E-state index in [4.69, 9.17) is 0 Å². The molecule has 5 nitrogen and oxygen atoms in total. The van der Waals surface area contributed by atoms with Gasteiger partial charge in [0.25, 0.3) is 0 Å². The van der Waals surface area contributed by atoms with E-state index in [1.165, 1.54) is 5.69 Å². The van der Waals surface area contributed by atoms with E-state index in [2.05, 4.69) is 51.4 Å². The highest BCUT2D eigenvalue weighted by Gasteiger charge is 2.20. The molecule has 0 fully saturated rings. The lowest BCUT2D eigenvalue weighted by atomic mass is 10.1. The molecule has 0 aliphatic heterocycles. The Balaban J connectivity index is 2.26. The van der Waals surface area contributed by atoms with Crippen LogP contribution in [-0.4, -0.2) is 26.1 Å². The van der Waals surface area contributed by atoms with Gasteiger partial charge in [-0.1, -0.05) is 13.8 Å². The van der Waals surface area contributed by atoms with Crippen molar-refractivity contribution in [3.05, 3.63) is 33.8 Å². The molecular weight excluding hydrogens is 318 g/mol. The number of rotatable bonds is 6. The monoisotopic (exact) mass is 339 g/mol. The number of halogens is 1. The van der Waals surface area contributed by atoms with Crippen LogP contribution in [-0.2, 0) is 26.9 Å². The minimum atomic E-state index is 0.206. The molecule has 1 unspecified atom stereocenters. The van der Waals surface area contributed by atoms with Crippen LogP contribution in [0.25, 0.3) is 0 Å². The predicted octanol–water partition coefficient (Wildman–Crippen LogP) is 2.37. The summed E-state index contributed by atoms with van der Waals surface area (Å²) in [6.45, 7) is 5.15. The molecule has 2 heterocycles. The van der Waals surface area contributed by atoms with Crippen LogP contribution in [0.1, 0.15) is 37.0 Å². The molecule has 2 rings (SSSR count). The summed E-state index contributed by atoms with van der Waals surface area (Å²) in [6.07, 6.45) is 3.79. The fourth-order valence-electron chi connectivity index (χ4n) is 2.38. The van der Waals surface area contributed by atoms with Crippen molar-refractivity contribution in [1.82, 2.24) is 24.9 Å². The van der Waals surface area contributed by atoms with Crippen molar-refractivity contribution in [2.24, 2.45) is 14.1 Å². The lowest BCUT2D eigenvalue weighted by Crippen LogP contribution is -2.24. The molecule has 0 saturated carbocycles. The zero-order valence-corrected chi connectivity index (χ0v) is 14.1. The van der Waals surface area contributed by atoms with Gasteiger partial charge in [-0.25, -0.2) is 0 Å². The summed E-state index contributed by atoms with van der Waals surface area (Å²) in [4.78, 5) is 0. The van der Waals surface area contributed by atoms with E-state index in [9.17, 15) is 0 Å². The van der Waals surface area contributed by atoms with Crippen LogP contribution in [0.15, 0.2) is 16.7 Å². The zero-order valence-electron chi connectivity index (χ0n) is 12.5. The summed E-state index contributed by atoms with van der Waals surface area (Å²) >= 11 is 3.68. The van der Waals surface area contributed by atoms with Gasteiger partial charge in [0.1, 0.15) is 0 Å². The van der Waals surface area contributed by atoms with E-state index >= 15 is 0 Å². The Labute approximate surface area is 128 Å². The van der Waals surface area contributed by atoms with E-state index in [0.29, 0.717) is 0 Å². The highest BCUT2D eigenvalue weighted by Crippen LogP contribution is 2.26. The molecule has 1 atom stereocenters. The first-order valence-corrected chi connectivity index (χ1v) is 7.79. The minimum absolute atomic E-state index is 0.206. The summed E-state index contributed by atoms with van der Waals surface area (Å²) in [7, 11) is 3.95. The van der Waals surface area contributed by atoms with Gasteiger partial charge in [-0.3, -0.25) is 9.36 Å². The number of likely N-dealkylation sites (N-methyl/N-ethyl adjacent to an activating group) is 1. The standard InChI is InChI=1S/C14H22BrN5/c1-5-10-14(15)13(20(4)18-10)9-12(16-6-2)11-7-8-19(3)17-11/h7-8,12,16H,5-6,9H2,1-4H3. The van der Waals surface area contributed by atoms with Gasteiger partial charge >= 0.3 is 0 Å². The summed E-state index contributed by atoms with van der Waals surface area (Å²) in [5.41, 5.74) is 3.39. The van der Waals surface area contributed by atoms with Crippen molar-refractivity contribution in [2.75, 3.05) is 6.54 Å². The van der Waals surface area contributed by atoms with Gasteiger partial charge < -0.3 is 5.32 Å². The molecule has 110 valence electrons. The molecule has 2 aromatic rings. The topological polar surface area (TPSA) is 47.7 Å². The molecule has 0 amide bonds. The van der Waals surface area contributed by atoms with Gasteiger partial charge in [-0.15, -0.1) is 0 Å². The highest BCUT2D eigenvalue weighted by molar-refractivity contribution is 9.10. The molecule has 0 aliphatic rings. The van der Waals surface area contributed by atoms with Gasteiger partial charge in [0.15, 0.2) is 0 Å². The van der Waals surface area contributed by atoms with Crippen LogP contribution in [0.3, 0.4) is 0 Å². The van der Waals surface area contributed by atoms with E-state index in [-0.39, 0.29) is 6.04 Å². The summed E-state index contributed by atoms with van der Waals surface area (Å²) < 4.78 is 4.94. The lowest BCUT2D eigenvalue weighted by molar-refractivity contribution is 0.509. The molecule has 1 N–H and O–H groups in total. The van der Waals surface area contributed by atoms with E-state index in [1.807, 2.05) is 29.7 Å². The average Bonchev–Trinajstić information content (AvgIpc) is 2.96. The van der Waals surface area contributed by atoms with Gasteiger partial charge in [-0.2, -0.15) is 10.2 Å². The Morgan fingerprint density at radius 2 is 2.05 bits per heavy atom. The number of nitrogens with zero attached hydrogens (tertiary/aromatic N) is 4. The Kier molecular flexibility index (Phi) is 4.99. The molecule has 20 heavy (non-hydrogen) atoms. The Bertz CT molecular complexity index is 572. The normalized spacial score (nSPS) is 12.8. The molecule has 0 aliphatic carbocycles. The zero-order chi connectivity index (χ0) is 14.7. The quantitative estimate of drug-likeness (QED) is 0.878. The SMILES string of the molecule is CCNC(Cc1c(Br)c(CC)nn1C)c1ccn(C)n1. The summed E-state index contributed by atoms with van der Waals surface area (Å²) in [5.74, 6) is 0. The van der Waals surface area contributed by atoms with Crippen LogP contribution in [0.4, 0.5) is 0 Å². The van der Waals surface area contributed by atoms with E-state index in [0.717, 1.165) is 35.2 Å². The first-order chi connectivity index (χ1) is 9.56. The van der Waals surface area contributed by atoms with Gasteiger partial charge in [0.2, 0.25) is 0 Å². The number of hydrogen-bond donors (Lipinski definition) is 1. The maximum atomic E-state index is 4.56. The predicted molar refractivity (Wildman–Crippen MR) is 83.6 cm³/mol. The summed E-state index contributed by atoms with van der Waals surface area (Å²) in [6, 6.07) is 2.27. The molecule has 6 heteroatoms. The second kappa shape index (κ2) is 6.54. The highest BCUT2D eigenvalue weighted by atomic mass is 79.9. The van der Waals surface area contributed by atoms with Gasteiger partial charge in [0, 0.05) is 26.7 Å². The van der Waals surface area contributed by atoms with Crippen LogP contribution < -0.4 is 5.32 Å². The molecular formula is C14H22BrN5. The molecule has 0 radical (unpaired) electrons. The molecule has 2 aromatic heterocycles.